The summed E-state index contributed by atoms with van der Waals surface area (Å²) in [7, 11) is 0. The highest BCUT2D eigenvalue weighted by Crippen LogP contribution is 2.31. The van der Waals surface area contributed by atoms with E-state index in [1.807, 2.05) is 0 Å². The molecule has 0 atom stereocenters. The van der Waals surface area contributed by atoms with Crippen molar-refractivity contribution in [3.05, 3.63) is 85.9 Å². The number of aryl methyl sites for hydroxylation is 1. The molecular formula is C19H11F4N3O3. The first-order valence-electron chi connectivity index (χ1n) is 8.03. The number of hydrogen-bond donors (Lipinski definition) is 1. The monoisotopic (exact) mass is 405 g/mol. The number of H-pyrrole nitrogens is 1. The number of aromatic amines is 1. The van der Waals surface area contributed by atoms with E-state index in [1.54, 1.807) is 37.3 Å². The first kappa shape index (κ1) is 19.9. The summed E-state index contributed by atoms with van der Waals surface area (Å²) >= 11 is 0. The zero-order chi connectivity index (χ0) is 21.3. The van der Waals surface area contributed by atoms with E-state index >= 15 is 0 Å². The van der Waals surface area contributed by atoms with Gasteiger partial charge in [0.15, 0.2) is 0 Å². The average molecular weight is 405 g/mol. The van der Waals surface area contributed by atoms with Crippen molar-refractivity contribution >= 4 is 0 Å². The fraction of sp³-hybridized carbons (Fsp3) is 0.105. The van der Waals surface area contributed by atoms with E-state index in [0.29, 0.717) is 11.3 Å². The van der Waals surface area contributed by atoms with Gasteiger partial charge in [0.05, 0.1) is 11.3 Å². The number of nitrogens with zero attached hydrogens (tertiary/aromatic N) is 2. The third-order valence-corrected chi connectivity index (χ3v) is 3.96. The predicted octanol–water partition coefficient (Wildman–Crippen LogP) is 3.66. The summed E-state index contributed by atoms with van der Waals surface area (Å²) in [5.41, 5.74) is -4.65. The molecule has 1 aromatic heterocycles. The molecule has 1 N–H and O–H groups in total. The van der Waals surface area contributed by atoms with Crippen LogP contribution in [0.4, 0.5) is 17.6 Å². The molecule has 0 spiro atoms. The SMILES string of the molecule is Cc1ccccc1Oc1cc(-n2c(=O)cc(C(F)(F)F)[nH]c2=O)c(F)cc1C#N. The van der Waals surface area contributed by atoms with Crippen molar-refractivity contribution in [3.63, 3.8) is 0 Å². The van der Waals surface area contributed by atoms with Gasteiger partial charge in [-0.05, 0) is 24.6 Å². The number of para-hydroxylation sites is 1. The highest BCUT2D eigenvalue weighted by molar-refractivity contribution is 5.53. The lowest BCUT2D eigenvalue weighted by molar-refractivity contribution is -0.141. The van der Waals surface area contributed by atoms with Gasteiger partial charge in [0.2, 0.25) is 0 Å². The number of aromatic nitrogens is 2. The molecule has 2 aromatic carbocycles. The fourth-order valence-electron chi connectivity index (χ4n) is 2.55. The molecule has 0 aliphatic rings. The number of halogens is 4. The van der Waals surface area contributed by atoms with E-state index < -0.39 is 34.6 Å². The van der Waals surface area contributed by atoms with Crippen LogP contribution >= 0.6 is 0 Å². The Morgan fingerprint density at radius 2 is 1.79 bits per heavy atom. The van der Waals surface area contributed by atoms with Crippen molar-refractivity contribution in [2.75, 3.05) is 0 Å². The van der Waals surface area contributed by atoms with Crippen LogP contribution in [-0.4, -0.2) is 9.55 Å². The summed E-state index contributed by atoms with van der Waals surface area (Å²) in [4.78, 5) is 25.7. The van der Waals surface area contributed by atoms with Crippen LogP contribution in [-0.2, 0) is 6.18 Å². The van der Waals surface area contributed by atoms with E-state index in [-0.39, 0.29) is 21.9 Å². The Hall–Kier alpha value is -3.87. The van der Waals surface area contributed by atoms with Crippen molar-refractivity contribution in [3.8, 4) is 23.3 Å². The van der Waals surface area contributed by atoms with Gasteiger partial charge in [0.25, 0.3) is 5.56 Å². The van der Waals surface area contributed by atoms with Gasteiger partial charge in [-0.25, -0.2) is 13.8 Å². The minimum atomic E-state index is -4.96. The fourth-order valence-corrected chi connectivity index (χ4v) is 2.55. The summed E-state index contributed by atoms with van der Waals surface area (Å²) in [5.74, 6) is -1.01. The smallest absolute Gasteiger partial charge is 0.431 e. The predicted molar refractivity (Wildman–Crippen MR) is 93.6 cm³/mol. The van der Waals surface area contributed by atoms with Crippen LogP contribution in [0, 0.1) is 24.1 Å². The zero-order valence-corrected chi connectivity index (χ0v) is 14.7. The van der Waals surface area contributed by atoms with Gasteiger partial charge in [-0.15, -0.1) is 0 Å². The Morgan fingerprint density at radius 1 is 1.10 bits per heavy atom. The molecule has 0 saturated carbocycles. The standard InChI is InChI=1S/C19H11F4N3O3/c1-10-4-2-3-5-14(10)29-15-7-13(12(20)6-11(15)9-24)26-17(27)8-16(19(21,22)23)25-18(26)28/h2-8H,1H3,(H,25,28). The molecule has 0 bridgehead atoms. The van der Waals surface area contributed by atoms with Crippen LogP contribution in [0.25, 0.3) is 5.69 Å². The van der Waals surface area contributed by atoms with Crippen LogP contribution in [0.15, 0.2) is 52.1 Å². The Bertz CT molecular complexity index is 1220. The van der Waals surface area contributed by atoms with Crippen molar-refractivity contribution in [2.24, 2.45) is 0 Å². The van der Waals surface area contributed by atoms with Crippen molar-refractivity contribution < 1.29 is 22.3 Å². The quantitative estimate of drug-likeness (QED) is 0.674. The van der Waals surface area contributed by atoms with Crippen LogP contribution in [0.1, 0.15) is 16.8 Å². The van der Waals surface area contributed by atoms with E-state index in [0.717, 1.165) is 12.1 Å². The van der Waals surface area contributed by atoms with Crippen LogP contribution in [0.3, 0.4) is 0 Å². The van der Waals surface area contributed by atoms with E-state index in [4.69, 9.17) is 4.74 Å². The third-order valence-electron chi connectivity index (χ3n) is 3.96. The molecule has 0 aliphatic heterocycles. The van der Waals surface area contributed by atoms with E-state index in [1.165, 1.54) is 4.98 Å². The first-order chi connectivity index (χ1) is 13.6. The molecule has 148 valence electrons. The molecule has 29 heavy (non-hydrogen) atoms. The van der Waals surface area contributed by atoms with Gasteiger partial charge >= 0.3 is 11.9 Å². The summed E-state index contributed by atoms with van der Waals surface area (Å²) < 4.78 is 58.5. The molecule has 0 fully saturated rings. The summed E-state index contributed by atoms with van der Waals surface area (Å²) in [6.07, 6.45) is -4.96. The maximum atomic E-state index is 14.5. The number of rotatable bonds is 3. The molecule has 6 nitrogen and oxygen atoms in total. The van der Waals surface area contributed by atoms with Gasteiger partial charge in [0.1, 0.15) is 29.1 Å². The summed E-state index contributed by atoms with van der Waals surface area (Å²) in [6, 6.07) is 10.2. The second-order valence-corrected chi connectivity index (χ2v) is 5.94. The van der Waals surface area contributed by atoms with E-state index in [2.05, 4.69) is 0 Å². The summed E-state index contributed by atoms with van der Waals surface area (Å²) in [6.45, 7) is 1.72. The number of hydrogen-bond acceptors (Lipinski definition) is 4. The second kappa shape index (κ2) is 7.27. The number of nitrogens with one attached hydrogen (secondary N) is 1. The normalized spacial score (nSPS) is 11.2. The third kappa shape index (κ3) is 3.89. The largest absolute Gasteiger partial charge is 0.456 e. The minimum absolute atomic E-state index is 0.140. The van der Waals surface area contributed by atoms with Gasteiger partial charge < -0.3 is 9.72 Å². The molecule has 0 saturated heterocycles. The molecule has 3 rings (SSSR count). The van der Waals surface area contributed by atoms with Crippen LogP contribution < -0.4 is 16.0 Å². The molecule has 1 heterocycles. The maximum Gasteiger partial charge on any atom is 0.431 e. The van der Waals surface area contributed by atoms with Crippen LogP contribution in [0.5, 0.6) is 11.5 Å². The van der Waals surface area contributed by atoms with E-state index in [9.17, 15) is 32.4 Å². The van der Waals surface area contributed by atoms with Crippen LogP contribution in [0.2, 0.25) is 0 Å². The lowest BCUT2D eigenvalue weighted by Crippen LogP contribution is -2.36. The first-order valence-corrected chi connectivity index (χ1v) is 8.03. The molecule has 10 heteroatoms. The Balaban J connectivity index is 2.20. The summed E-state index contributed by atoms with van der Waals surface area (Å²) in [5, 5.41) is 9.23. The van der Waals surface area contributed by atoms with Gasteiger partial charge in [-0.1, -0.05) is 18.2 Å². The minimum Gasteiger partial charge on any atom is -0.456 e. The molecule has 0 aliphatic carbocycles. The molecule has 0 radical (unpaired) electrons. The molecular weight excluding hydrogens is 394 g/mol. The topological polar surface area (TPSA) is 87.9 Å². The number of benzene rings is 2. The molecule has 3 aromatic rings. The zero-order valence-electron chi connectivity index (χ0n) is 14.7. The number of nitriles is 1. The van der Waals surface area contributed by atoms with Gasteiger partial charge in [0, 0.05) is 12.1 Å². The lowest BCUT2D eigenvalue weighted by Gasteiger charge is -2.13. The number of ether oxygens (including phenoxy) is 1. The molecule has 0 amide bonds. The average Bonchev–Trinajstić information content (AvgIpc) is 2.64. The van der Waals surface area contributed by atoms with Crippen molar-refractivity contribution in [1.29, 1.82) is 5.26 Å². The van der Waals surface area contributed by atoms with Gasteiger partial charge in [-0.2, -0.15) is 18.4 Å². The number of alkyl halides is 3. The second-order valence-electron chi connectivity index (χ2n) is 5.94. The lowest BCUT2D eigenvalue weighted by atomic mass is 10.1. The Kier molecular flexibility index (Phi) is 4.99. The van der Waals surface area contributed by atoms with Gasteiger partial charge in [-0.3, -0.25) is 4.79 Å². The Labute approximate surface area is 160 Å². The maximum absolute atomic E-state index is 14.5. The van der Waals surface area contributed by atoms with Crippen molar-refractivity contribution in [1.82, 2.24) is 9.55 Å². The van der Waals surface area contributed by atoms with Crippen molar-refractivity contribution in [2.45, 2.75) is 13.1 Å². The highest BCUT2D eigenvalue weighted by atomic mass is 19.4. The Morgan fingerprint density at radius 3 is 2.38 bits per heavy atom. The molecule has 0 unspecified atom stereocenters. The highest BCUT2D eigenvalue weighted by Gasteiger charge is 2.33.